The smallest absolute Gasteiger partial charge is 0.341 e. The zero-order chi connectivity index (χ0) is 14.3. The first-order valence-corrected chi connectivity index (χ1v) is 7.08. The number of hydrogen-bond donors (Lipinski definition) is 3. The monoisotopic (exact) mass is 298 g/mol. The van der Waals surface area contributed by atoms with Gasteiger partial charge in [-0.05, 0) is 19.4 Å². The van der Waals surface area contributed by atoms with E-state index in [1.165, 1.54) is 11.1 Å². The highest BCUT2D eigenvalue weighted by Crippen LogP contribution is 2.32. The standard InChI is InChI=1S/C10H14N2S.C3H4O2S/c1-7-3-5-9(6-4-7)10-12-11-8(2)13-10;1-2-3(4)5-6/h3-6,8,10-12H,1-2H3;2,6H,1H2. The number of nitrogens with one attached hydrogen (secondary N) is 2. The van der Waals surface area contributed by atoms with Gasteiger partial charge in [0.05, 0.1) is 10.7 Å². The van der Waals surface area contributed by atoms with Crippen molar-refractivity contribution in [2.24, 2.45) is 0 Å². The molecule has 1 heterocycles. The van der Waals surface area contributed by atoms with E-state index < -0.39 is 5.97 Å². The molecule has 1 aliphatic heterocycles. The number of hydrazine groups is 1. The minimum Gasteiger partial charge on any atom is -0.391 e. The van der Waals surface area contributed by atoms with Crippen molar-refractivity contribution >= 4 is 30.6 Å². The number of benzene rings is 1. The van der Waals surface area contributed by atoms with Crippen molar-refractivity contribution in [1.82, 2.24) is 10.9 Å². The van der Waals surface area contributed by atoms with E-state index >= 15 is 0 Å². The summed E-state index contributed by atoms with van der Waals surface area (Å²) < 4.78 is 3.84. The van der Waals surface area contributed by atoms with Gasteiger partial charge in [-0.3, -0.25) is 0 Å². The van der Waals surface area contributed by atoms with Crippen molar-refractivity contribution in [3.05, 3.63) is 48.0 Å². The highest BCUT2D eigenvalue weighted by atomic mass is 32.2. The minimum absolute atomic E-state index is 0.399. The largest absolute Gasteiger partial charge is 0.391 e. The normalized spacial score (nSPS) is 21.2. The van der Waals surface area contributed by atoms with Gasteiger partial charge in [0, 0.05) is 19.0 Å². The van der Waals surface area contributed by atoms with E-state index in [0.29, 0.717) is 10.7 Å². The van der Waals surface area contributed by atoms with Gasteiger partial charge in [0.1, 0.15) is 0 Å². The lowest BCUT2D eigenvalue weighted by Crippen LogP contribution is -2.28. The first-order chi connectivity index (χ1) is 9.06. The Morgan fingerprint density at radius 3 is 2.42 bits per heavy atom. The number of carbonyl (C=O) groups excluding carboxylic acids is 1. The zero-order valence-electron chi connectivity index (χ0n) is 10.9. The molecule has 2 atom stereocenters. The molecular weight excluding hydrogens is 280 g/mol. The van der Waals surface area contributed by atoms with E-state index in [1.54, 1.807) is 0 Å². The summed E-state index contributed by atoms with van der Waals surface area (Å²) in [5.74, 6) is -0.529. The van der Waals surface area contributed by atoms with E-state index in [-0.39, 0.29) is 0 Å². The molecule has 1 aromatic rings. The average molecular weight is 298 g/mol. The summed E-state index contributed by atoms with van der Waals surface area (Å²) in [4.78, 5) is 9.76. The Hall–Kier alpha value is -0.950. The van der Waals surface area contributed by atoms with Crippen LogP contribution in [0.5, 0.6) is 0 Å². The molecule has 0 radical (unpaired) electrons. The maximum Gasteiger partial charge on any atom is 0.341 e. The Bertz CT molecular complexity index is 423. The SMILES string of the molecule is C=CC(=O)OS.Cc1ccc(C2NNC(C)S2)cc1. The highest BCUT2D eigenvalue weighted by molar-refractivity contribution is 8.00. The summed E-state index contributed by atoms with van der Waals surface area (Å²) in [6.07, 6.45) is 1.03. The molecule has 0 spiro atoms. The molecule has 2 rings (SSSR count). The summed E-state index contributed by atoms with van der Waals surface area (Å²) in [5.41, 5.74) is 9.10. The Labute approximate surface area is 123 Å². The van der Waals surface area contributed by atoms with Gasteiger partial charge in [-0.15, -0.1) is 11.8 Å². The molecule has 104 valence electrons. The molecule has 6 heteroatoms. The van der Waals surface area contributed by atoms with Gasteiger partial charge in [0.2, 0.25) is 0 Å². The van der Waals surface area contributed by atoms with Crippen LogP contribution in [-0.2, 0) is 8.98 Å². The molecule has 0 saturated carbocycles. The molecule has 0 aromatic heterocycles. The lowest BCUT2D eigenvalue weighted by Gasteiger charge is -2.08. The van der Waals surface area contributed by atoms with Crippen LogP contribution >= 0.6 is 24.7 Å². The van der Waals surface area contributed by atoms with E-state index in [1.807, 2.05) is 11.8 Å². The van der Waals surface area contributed by atoms with Crippen LogP contribution in [0.15, 0.2) is 36.9 Å². The minimum atomic E-state index is -0.529. The molecule has 1 aliphatic rings. The van der Waals surface area contributed by atoms with Crippen molar-refractivity contribution < 1.29 is 8.98 Å². The lowest BCUT2D eigenvalue weighted by molar-refractivity contribution is -0.127. The molecule has 1 saturated heterocycles. The molecule has 1 aromatic carbocycles. The molecule has 0 aliphatic carbocycles. The van der Waals surface area contributed by atoms with Crippen LogP contribution in [0.4, 0.5) is 0 Å². The van der Waals surface area contributed by atoms with Gasteiger partial charge in [0.25, 0.3) is 0 Å². The third kappa shape index (κ3) is 5.69. The Kier molecular flexibility index (Phi) is 7.01. The van der Waals surface area contributed by atoms with E-state index in [2.05, 4.69) is 72.6 Å². The Balaban J connectivity index is 0.000000258. The summed E-state index contributed by atoms with van der Waals surface area (Å²) in [6.45, 7) is 7.38. The van der Waals surface area contributed by atoms with Gasteiger partial charge in [0.15, 0.2) is 0 Å². The second kappa shape index (κ2) is 8.27. The maximum absolute atomic E-state index is 9.76. The third-order valence-electron chi connectivity index (χ3n) is 2.39. The van der Waals surface area contributed by atoms with Gasteiger partial charge in [-0.1, -0.05) is 36.4 Å². The third-order valence-corrected chi connectivity index (χ3v) is 3.76. The van der Waals surface area contributed by atoms with E-state index in [4.69, 9.17) is 0 Å². The second-order valence-corrected chi connectivity index (χ2v) is 5.61. The van der Waals surface area contributed by atoms with Crippen LogP contribution in [0.3, 0.4) is 0 Å². The molecule has 19 heavy (non-hydrogen) atoms. The second-order valence-electron chi connectivity index (χ2n) is 3.97. The number of aryl methyl sites for hydroxylation is 1. The number of hydrogen-bond acceptors (Lipinski definition) is 6. The number of carbonyl (C=O) groups is 1. The highest BCUT2D eigenvalue weighted by Gasteiger charge is 2.21. The molecule has 1 fully saturated rings. The van der Waals surface area contributed by atoms with Crippen molar-refractivity contribution in [2.45, 2.75) is 24.6 Å². The van der Waals surface area contributed by atoms with Crippen LogP contribution in [0, 0.1) is 6.92 Å². The van der Waals surface area contributed by atoms with E-state index in [9.17, 15) is 4.79 Å². The predicted molar refractivity (Wildman–Crippen MR) is 82.5 cm³/mol. The van der Waals surface area contributed by atoms with Gasteiger partial charge < -0.3 is 4.18 Å². The Morgan fingerprint density at radius 2 is 2.05 bits per heavy atom. The molecular formula is C13H18N2O2S2. The quantitative estimate of drug-likeness (QED) is 0.445. The summed E-state index contributed by atoms with van der Waals surface area (Å²) >= 11 is 5.08. The summed E-state index contributed by atoms with van der Waals surface area (Å²) in [7, 11) is 0. The fourth-order valence-electron chi connectivity index (χ4n) is 1.41. The molecule has 2 N–H and O–H groups in total. The van der Waals surface area contributed by atoms with Crippen molar-refractivity contribution in [2.75, 3.05) is 0 Å². The molecule has 0 bridgehead atoms. The maximum atomic E-state index is 9.76. The van der Waals surface area contributed by atoms with E-state index in [0.717, 1.165) is 6.08 Å². The fraction of sp³-hybridized carbons (Fsp3) is 0.308. The van der Waals surface area contributed by atoms with Crippen LogP contribution in [-0.4, -0.2) is 11.3 Å². The van der Waals surface area contributed by atoms with Gasteiger partial charge >= 0.3 is 5.97 Å². The van der Waals surface area contributed by atoms with Crippen molar-refractivity contribution in [3.8, 4) is 0 Å². The average Bonchev–Trinajstić information content (AvgIpc) is 2.86. The number of thioether (sulfide) groups is 1. The first kappa shape index (κ1) is 16.1. The Morgan fingerprint density at radius 1 is 1.42 bits per heavy atom. The molecule has 2 unspecified atom stereocenters. The molecule has 4 nitrogen and oxygen atoms in total. The first-order valence-electron chi connectivity index (χ1n) is 5.77. The zero-order valence-corrected chi connectivity index (χ0v) is 12.6. The fourth-order valence-corrected chi connectivity index (χ4v) is 2.47. The van der Waals surface area contributed by atoms with Crippen molar-refractivity contribution in [3.63, 3.8) is 0 Å². The van der Waals surface area contributed by atoms with Crippen LogP contribution in [0.1, 0.15) is 23.4 Å². The molecule has 0 amide bonds. The summed E-state index contributed by atoms with van der Waals surface area (Å²) in [5, 5.41) is 0.891. The van der Waals surface area contributed by atoms with Gasteiger partial charge in [-0.25, -0.2) is 15.6 Å². The van der Waals surface area contributed by atoms with Crippen molar-refractivity contribution in [1.29, 1.82) is 0 Å². The van der Waals surface area contributed by atoms with Gasteiger partial charge in [-0.2, -0.15) is 0 Å². The predicted octanol–water partition coefficient (Wildman–Crippen LogP) is 2.74. The number of rotatable bonds is 2. The topological polar surface area (TPSA) is 50.4 Å². The lowest BCUT2D eigenvalue weighted by atomic mass is 10.1. The summed E-state index contributed by atoms with van der Waals surface area (Å²) in [6, 6.07) is 8.67. The van der Waals surface area contributed by atoms with Crippen LogP contribution in [0.25, 0.3) is 0 Å². The number of thiol groups is 1. The van der Waals surface area contributed by atoms with Crippen LogP contribution < -0.4 is 10.9 Å². The van der Waals surface area contributed by atoms with Crippen LogP contribution in [0.2, 0.25) is 0 Å².